The Morgan fingerprint density at radius 2 is 2.14 bits per heavy atom. The Balaban J connectivity index is 1.73. The van der Waals surface area contributed by atoms with Crippen LogP contribution in [0.3, 0.4) is 0 Å². The van der Waals surface area contributed by atoms with Gasteiger partial charge in [-0.1, -0.05) is 12.1 Å². The first kappa shape index (κ1) is 15.0. The van der Waals surface area contributed by atoms with E-state index in [1.165, 1.54) is 18.9 Å². The van der Waals surface area contributed by atoms with Gasteiger partial charge in [-0.15, -0.1) is 0 Å². The number of hydrogen-bond donors (Lipinski definition) is 1. The molecule has 0 unspecified atom stereocenters. The van der Waals surface area contributed by atoms with Crippen molar-refractivity contribution in [3.63, 3.8) is 0 Å². The fourth-order valence-electron chi connectivity index (χ4n) is 3.11. The van der Waals surface area contributed by atoms with Gasteiger partial charge in [0.05, 0.1) is 11.0 Å². The summed E-state index contributed by atoms with van der Waals surface area (Å²) in [5.74, 6) is 0.277. The van der Waals surface area contributed by atoms with Crippen molar-refractivity contribution < 1.29 is 14.5 Å². The normalized spacial score (nSPS) is 24.8. The van der Waals surface area contributed by atoms with E-state index in [1.54, 1.807) is 19.1 Å². The fraction of sp³-hybridized carbons (Fsp3) is 0.562. The van der Waals surface area contributed by atoms with Gasteiger partial charge >= 0.3 is 0 Å². The average molecular weight is 304 g/mol. The highest BCUT2D eigenvalue weighted by molar-refractivity contribution is 5.99. The second-order valence-corrected chi connectivity index (χ2v) is 6.17. The molecule has 1 aromatic carbocycles. The van der Waals surface area contributed by atoms with Crippen LogP contribution < -0.4 is 5.32 Å². The summed E-state index contributed by atoms with van der Waals surface area (Å²) in [7, 11) is 0. The number of nitrogens with one attached hydrogen (secondary N) is 1. The third-order valence-corrected chi connectivity index (χ3v) is 4.47. The van der Waals surface area contributed by atoms with E-state index in [1.807, 2.05) is 0 Å². The third kappa shape index (κ3) is 3.11. The van der Waals surface area contributed by atoms with Crippen LogP contribution in [0.1, 0.15) is 41.6 Å². The molecule has 22 heavy (non-hydrogen) atoms. The van der Waals surface area contributed by atoms with Gasteiger partial charge in [-0.05, 0) is 44.1 Å². The van der Waals surface area contributed by atoms with Crippen molar-refractivity contribution in [3.05, 3.63) is 39.4 Å². The van der Waals surface area contributed by atoms with Crippen LogP contribution in [0.25, 0.3) is 0 Å². The van der Waals surface area contributed by atoms with E-state index in [2.05, 4.69) is 5.32 Å². The maximum Gasteiger partial charge on any atom is 0.282 e. The lowest BCUT2D eigenvalue weighted by Crippen LogP contribution is -2.43. The van der Waals surface area contributed by atoms with E-state index >= 15 is 0 Å². The number of nitro benzene ring substituents is 1. The zero-order chi connectivity index (χ0) is 15.7. The molecule has 1 aromatic rings. The number of aryl methyl sites for hydroxylation is 1. The molecular weight excluding hydrogens is 284 g/mol. The van der Waals surface area contributed by atoms with Crippen molar-refractivity contribution >= 4 is 11.6 Å². The maximum absolute atomic E-state index is 12.5. The molecule has 1 heterocycles. The number of ether oxygens (including phenoxy) is 1. The molecule has 1 N–H and O–H groups in total. The number of nitro groups is 1. The van der Waals surface area contributed by atoms with Crippen LogP contribution in [-0.4, -0.2) is 29.6 Å². The molecule has 1 saturated carbocycles. The first-order chi connectivity index (χ1) is 10.6. The van der Waals surface area contributed by atoms with E-state index in [-0.39, 0.29) is 29.3 Å². The van der Waals surface area contributed by atoms with E-state index in [9.17, 15) is 14.9 Å². The quantitative estimate of drug-likeness (QED) is 0.684. The van der Waals surface area contributed by atoms with Gasteiger partial charge in [-0.2, -0.15) is 0 Å². The highest BCUT2D eigenvalue weighted by Crippen LogP contribution is 2.38. The van der Waals surface area contributed by atoms with Crippen molar-refractivity contribution in [3.8, 4) is 0 Å². The second-order valence-electron chi connectivity index (χ2n) is 6.17. The number of carbonyl (C=O) groups excluding carboxylic acids is 1. The van der Waals surface area contributed by atoms with Crippen LogP contribution in [0.4, 0.5) is 5.69 Å². The molecule has 118 valence electrons. The summed E-state index contributed by atoms with van der Waals surface area (Å²) in [4.78, 5) is 23.1. The molecule has 2 aliphatic rings. The molecular formula is C16H20N2O4. The minimum atomic E-state index is -0.501. The fourth-order valence-corrected chi connectivity index (χ4v) is 3.11. The Morgan fingerprint density at radius 3 is 2.82 bits per heavy atom. The minimum absolute atomic E-state index is 0.0334. The maximum atomic E-state index is 12.5. The minimum Gasteiger partial charge on any atom is -0.378 e. The van der Waals surface area contributed by atoms with Gasteiger partial charge in [-0.25, -0.2) is 0 Å². The predicted octanol–water partition coefficient (Wildman–Crippen LogP) is 2.59. The zero-order valence-electron chi connectivity index (χ0n) is 12.6. The van der Waals surface area contributed by atoms with Crippen LogP contribution >= 0.6 is 0 Å². The topological polar surface area (TPSA) is 81.5 Å². The molecule has 1 aliphatic heterocycles. The lowest BCUT2D eigenvalue weighted by Gasteiger charge is -2.30. The van der Waals surface area contributed by atoms with E-state index < -0.39 is 4.92 Å². The standard InChI is InChI=1S/C16H20N2O4/c1-10-3-2-4-13(18(20)21)15(10)16(19)17-12-7-8-22-14(9-12)11-5-6-11/h2-4,11-12,14H,5-9H2,1H3,(H,17,19)/t12-,14-/m0/s1. The smallest absolute Gasteiger partial charge is 0.282 e. The van der Waals surface area contributed by atoms with Crippen LogP contribution in [0.15, 0.2) is 18.2 Å². The highest BCUT2D eigenvalue weighted by Gasteiger charge is 2.36. The van der Waals surface area contributed by atoms with Gasteiger partial charge < -0.3 is 10.1 Å². The molecule has 0 spiro atoms. The number of benzene rings is 1. The number of amides is 1. The van der Waals surface area contributed by atoms with Crippen molar-refractivity contribution in [2.45, 2.75) is 44.8 Å². The van der Waals surface area contributed by atoms with Crippen molar-refractivity contribution in [2.75, 3.05) is 6.61 Å². The monoisotopic (exact) mass is 304 g/mol. The second kappa shape index (κ2) is 6.04. The Morgan fingerprint density at radius 1 is 1.36 bits per heavy atom. The van der Waals surface area contributed by atoms with Crippen LogP contribution in [0.2, 0.25) is 0 Å². The molecule has 1 amide bonds. The summed E-state index contributed by atoms with van der Waals surface area (Å²) in [6.45, 7) is 2.36. The van der Waals surface area contributed by atoms with Gasteiger partial charge in [0.2, 0.25) is 0 Å². The van der Waals surface area contributed by atoms with Gasteiger partial charge in [0.25, 0.3) is 11.6 Å². The predicted molar refractivity (Wildman–Crippen MR) is 80.8 cm³/mol. The van der Waals surface area contributed by atoms with Crippen LogP contribution in [0, 0.1) is 23.0 Å². The number of nitrogens with zero attached hydrogens (tertiary/aromatic N) is 1. The van der Waals surface area contributed by atoms with E-state index in [4.69, 9.17) is 4.74 Å². The van der Waals surface area contributed by atoms with Crippen LogP contribution in [0.5, 0.6) is 0 Å². The summed E-state index contributed by atoms with van der Waals surface area (Å²) in [5, 5.41) is 14.1. The highest BCUT2D eigenvalue weighted by atomic mass is 16.6. The molecule has 2 atom stereocenters. The van der Waals surface area contributed by atoms with Crippen molar-refractivity contribution in [1.29, 1.82) is 0 Å². The Kier molecular flexibility index (Phi) is 4.11. The Bertz CT molecular complexity index is 598. The first-order valence-electron chi connectivity index (χ1n) is 7.72. The van der Waals surface area contributed by atoms with Gasteiger partial charge in [0, 0.05) is 18.7 Å². The summed E-state index contributed by atoms with van der Waals surface area (Å²) in [6.07, 6.45) is 4.19. The van der Waals surface area contributed by atoms with E-state index in [0.717, 1.165) is 12.8 Å². The SMILES string of the molecule is Cc1cccc([N+](=O)[O-])c1C(=O)N[C@H]1CCO[C@H](C2CC2)C1. The van der Waals surface area contributed by atoms with Gasteiger partial charge in [0.1, 0.15) is 5.56 Å². The molecule has 6 heteroatoms. The molecule has 6 nitrogen and oxygen atoms in total. The number of rotatable bonds is 4. The summed E-state index contributed by atoms with van der Waals surface area (Å²) in [6, 6.07) is 4.73. The van der Waals surface area contributed by atoms with Crippen molar-refractivity contribution in [1.82, 2.24) is 5.32 Å². The number of hydrogen-bond acceptors (Lipinski definition) is 4. The lowest BCUT2D eigenvalue weighted by atomic mass is 9.99. The van der Waals surface area contributed by atoms with Crippen LogP contribution in [-0.2, 0) is 4.74 Å². The lowest BCUT2D eigenvalue weighted by molar-refractivity contribution is -0.385. The molecule has 0 radical (unpaired) electrons. The Labute approximate surface area is 129 Å². The van der Waals surface area contributed by atoms with Crippen molar-refractivity contribution in [2.24, 2.45) is 5.92 Å². The zero-order valence-corrected chi connectivity index (χ0v) is 12.6. The first-order valence-corrected chi connectivity index (χ1v) is 7.72. The number of carbonyl (C=O) groups is 1. The summed E-state index contributed by atoms with van der Waals surface area (Å²) < 4.78 is 5.75. The van der Waals surface area contributed by atoms with E-state index in [0.29, 0.717) is 18.1 Å². The largest absolute Gasteiger partial charge is 0.378 e. The molecule has 0 aromatic heterocycles. The molecule has 3 rings (SSSR count). The van der Waals surface area contributed by atoms with Gasteiger partial charge in [0.15, 0.2) is 0 Å². The average Bonchev–Trinajstić information content (AvgIpc) is 3.31. The Hall–Kier alpha value is -1.95. The molecule has 2 fully saturated rings. The van der Waals surface area contributed by atoms with Gasteiger partial charge in [-0.3, -0.25) is 14.9 Å². The third-order valence-electron chi connectivity index (χ3n) is 4.47. The molecule has 1 saturated heterocycles. The molecule has 1 aliphatic carbocycles. The molecule has 0 bridgehead atoms. The summed E-state index contributed by atoms with van der Waals surface area (Å²) >= 11 is 0. The summed E-state index contributed by atoms with van der Waals surface area (Å²) in [5.41, 5.74) is 0.655.